The number of hydrogen-bond donors (Lipinski definition) is 1. The van der Waals surface area contributed by atoms with Crippen LogP contribution in [-0.4, -0.2) is 67.3 Å². The van der Waals surface area contributed by atoms with Crippen LogP contribution in [0.4, 0.5) is 0 Å². The quantitative estimate of drug-likeness (QED) is 0.782. The van der Waals surface area contributed by atoms with Crippen molar-refractivity contribution in [2.24, 2.45) is 11.3 Å². The van der Waals surface area contributed by atoms with Gasteiger partial charge in [0.25, 0.3) is 0 Å². The summed E-state index contributed by atoms with van der Waals surface area (Å²) in [6.45, 7) is 8.28. The Hall–Kier alpha value is -1.50. The average Bonchev–Trinajstić information content (AvgIpc) is 3.05. The Bertz CT molecular complexity index is 684. The number of carboxylic acids is 1. The van der Waals surface area contributed by atoms with E-state index in [9.17, 15) is 9.90 Å². The molecule has 3 rings (SSSR count). The molecule has 0 radical (unpaired) electrons. The molecular formula is C19H27ClN2O4. The van der Waals surface area contributed by atoms with Crippen LogP contribution in [0.3, 0.4) is 0 Å². The Morgan fingerprint density at radius 3 is 2.46 bits per heavy atom. The number of benzene rings is 1. The van der Waals surface area contributed by atoms with Gasteiger partial charge in [0, 0.05) is 49.7 Å². The van der Waals surface area contributed by atoms with Gasteiger partial charge in [-0.15, -0.1) is 0 Å². The van der Waals surface area contributed by atoms with Gasteiger partial charge in [0.05, 0.1) is 18.6 Å². The molecule has 2 aliphatic rings. The number of carbonyl (C=O) groups is 1. The second kappa shape index (κ2) is 7.62. The van der Waals surface area contributed by atoms with Crippen molar-refractivity contribution in [3.8, 4) is 11.5 Å². The third-order valence-electron chi connectivity index (χ3n) is 5.38. The van der Waals surface area contributed by atoms with Crippen LogP contribution in [0, 0.1) is 11.3 Å². The van der Waals surface area contributed by atoms with Gasteiger partial charge in [-0.2, -0.15) is 0 Å². The molecule has 2 saturated heterocycles. The average molecular weight is 383 g/mol. The zero-order valence-electron chi connectivity index (χ0n) is 15.6. The van der Waals surface area contributed by atoms with Crippen LogP contribution in [0.5, 0.6) is 11.5 Å². The molecule has 2 aliphatic heterocycles. The van der Waals surface area contributed by atoms with E-state index in [0.717, 1.165) is 18.7 Å². The van der Waals surface area contributed by atoms with Crippen LogP contribution >= 0.6 is 11.6 Å². The van der Waals surface area contributed by atoms with Crippen LogP contribution in [0.2, 0.25) is 5.02 Å². The van der Waals surface area contributed by atoms with Gasteiger partial charge in [-0.3, -0.25) is 9.69 Å². The number of halogens is 1. The molecule has 0 aromatic heterocycles. The van der Waals surface area contributed by atoms with Gasteiger partial charge in [-0.05, 0) is 32.5 Å². The molecule has 0 aliphatic carbocycles. The molecular weight excluding hydrogens is 356 g/mol. The summed E-state index contributed by atoms with van der Waals surface area (Å²) in [5.74, 6) is 0.783. The lowest BCUT2D eigenvalue weighted by Crippen LogP contribution is -2.40. The number of fused-ring (bicyclic) bond motifs is 1. The van der Waals surface area contributed by atoms with Crippen molar-refractivity contribution in [1.29, 1.82) is 0 Å². The molecule has 144 valence electrons. The number of hydrogen-bond acceptors (Lipinski definition) is 5. The smallest absolute Gasteiger partial charge is 0.312 e. The fraction of sp³-hybridized carbons (Fsp3) is 0.632. The van der Waals surface area contributed by atoms with E-state index in [1.807, 2.05) is 27.0 Å². The lowest BCUT2D eigenvalue weighted by atomic mass is 9.81. The van der Waals surface area contributed by atoms with Gasteiger partial charge in [0.15, 0.2) is 11.5 Å². The third kappa shape index (κ3) is 3.50. The highest BCUT2D eigenvalue weighted by atomic mass is 35.5. The standard InChI is InChI=1S/C19H27ClN2O4/c1-4-25-16-6-13(15(20)7-17(16)26-5-2)8-22-10-14-9-21(3)11-19(14,12-22)18(23)24/h6-7,14H,4-5,8-12H2,1-3H3,(H,23,24). The second-order valence-corrected chi connectivity index (χ2v) is 7.69. The number of ether oxygens (including phenoxy) is 2. The maximum Gasteiger partial charge on any atom is 0.312 e. The van der Waals surface area contributed by atoms with Crippen molar-refractivity contribution in [3.63, 3.8) is 0 Å². The van der Waals surface area contributed by atoms with Gasteiger partial charge in [0.1, 0.15) is 0 Å². The summed E-state index contributed by atoms with van der Waals surface area (Å²) < 4.78 is 11.3. The Balaban J connectivity index is 1.79. The third-order valence-corrected chi connectivity index (χ3v) is 5.73. The zero-order valence-corrected chi connectivity index (χ0v) is 16.4. The molecule has 7 heteroatoms. The van der Waals surface area contributed by atoms with Crippen molar-refractivity contribution in [2.75, 3.05) is 46.4 Å². The summed E-state index contributed by atoms with van der Waals surface area (Å²) in [5, 5.41) is 10.4. The first kappa shape index (κ1) is 19.3. The first-order valence-corrected chi connectivity index (χ1v) is 9.49. The van der Waals surface area contributed by atoms with E-state index >= 15 is 0 Å². The summed E-state index contributed by atoms with van der Waals surface area (Å²) in [6.07, 6.45) is 0. The first-order chi connectivity index (χ1) is 12.4. The number of likely N-dealkylation sites (tertiary alicyclic amines) is 2. The van der Waals surface area contributed by atoms with Crippen LogP contribution in [0.15, 0.2) is 12.1 Å². The van der Waals surface area contributed by atoms with Gasteiger partial charge < -0.3 is 19.5 Å². The predicted octanol–water partition coefficient (Wildman–Crippen LogP) is 2.59. The highest BCUT2D eigenvalue weighted by molar-refractivity contribution is 6.31. The molecule has 6 nitrogen and oxygen atoms in total. The number of aliphatic carboxylic acids is 1. The monoisotopic (exact) mass is 382 g/mol. The van der Waals surface area contributed by atoms with E-state index in [-0.39, 0.29) is 5.92 Å². The van der Waals surface area contributed by atoms with Gasteiger partial charge in [-0.1, -0.05) is 11.6 Å². The van der Waals surface area contributed by atoms with E-state index in [4.69, 9.17) is 21.1 Å². The summed E-state index contributed by atoms with van der Waals surface area (Å²) in [6, 6.07) is 3.72. The van der Waals surface area contributed by atoms with E-state index in [1.54, 1.807) is 6.07 Å². The fourth-order valence-corrected chi connectivity index (χ4v) is 4.53. The van der Waals surface area contributed by atoms with Gasteiger partial charge >= 0.3 is 5.97 Å². The summed E-state index contributed by atoms with van der Waals surface area (Å²) >= 11 is 6.47. The Morgan fingerprint density at radius 2 is 1.88 bits per heavy atom. The first-order valence-electron chi connectivity index (χ1n) is 9.12. The fourth-order valence-electron chi connectivity index (χ4n) is 4.32. The SMILES string of the molecule is CCOc1cc(Cl)c(CN2CC3CN(C)CC3(C(=O)O)C2)cc1OCC. The van der Waals surface area contributed by atoms with Gasteiger partial charge in [0.2, 0.25) is 0 Å². The van der Waals surface area contributed by atoms with Crippen LogP contribution in [0.1, 0.15) is 19.4 Å². The highest BCUT2D eigenvalue weighted by Crippen LogP contribution is 2.43. The molecule has 0 bridgehead atoms. The van der Waals surface area contributed by atoms with E-state index < -0.39 is 11.4 Å². The maximum absolute atomic E-state index is 12.0. The van der Waals surface area contributed by atoms with Crippen molar-refractivity contribution < 1.29 is 19.4 Å². The molecule has 0 spiro atoms. The molecule has 2 fully saturated rings. The minimum Gasteiger partial charge on any atom is -0.490 e. The Morgan fingerprint density at radius 1 is 1.23 bits per heavy atom. The van der Waals surface area contributed by atoms with Crippen molar-refractivity contribution in [3.05, 3.63) is 22.7 Å². The second-order valence-electron chi connectivity index (χ2n) is 7.28. The molecule has 26 heavy (non-hydrogen) atoms. The molecule has 1 N–H and O–H groups in total. The molecule has 1 aromatic rings. The Labute approximate surface area is 159 Å². The molecule has 2 atom stereocenters. The van der Waals surface area contributed by atoms with Crippen LogP contribution < -0.4 is 9.47 Å². The molecule has 1 aromatic carbocycles. The topological polar surface area (TPSA) is 62.2 Å². The van der Waals surface area contributed by atoms with Crippen molar-refractivity contribution >= 4 is 17.6 Å². The summed E-state index contributed by atoms with van der Waals surface area (Å²) in [7, 11) is 1.99. The van der Waals surface area contributed by atoms with Crippen LogP contribution in [0.25, 0.3) is 0 Å². The summed E-state index contributed by atoms with van der Waals surface area (Å²) in [4.78, 5) is 16.3. The zero-order chi connectivity index (χ0) is 18.9. The lowest BCUT2D eigenvalue weighted by molar-refractivity contribution is -0.148. The van der Waals surface area contributed by atoms with E-state index in [1.165, 1.54) is 0 Å². The molecule has 0 saturated carbocycles. The highest BCUT2D eigenvalue weighted by Gasteiger charge is 2.56. The molecule has 2 unspecified atom stereocenters. The number of carboxylic acid groups (broad SMARTS) is 1. The molecule has 2 heterocycles. The minimum absolute atomic E-state index is 0.151. The van der Waals surface area contributed by atoms with E-state index in [0.29, 0.717) is 49.4 Å². The number of rotatable bonds is 7. The minimum atomic E-state index is -0.692. The predicted molar refractivity (Wildman–Crippen MR) is 100 cm³/mol. The number of nitrogens with zero attached hydrogens (tertiary/aromatic N) is 2. The van der Waals surface area contributed by atoms with Crippen LogP contribution in [-0.2, 0) is 11.3 Å². The molecule has 0 amide bonds. The largest absolute Gasteiger partial charge is 0.490 e. The lowest BCUT2D eigenvalue weighted by Gasteiger charge is -2.24. The van der Waals surface area contributed by atoms with Crippen molar-refractivity contribution in [1.82, 2.24) is 9.80 Å². The van der Waals surface area contributed by atoms with E-state index in [2.05, 4.69) is 9.80 Å². The maximum atomic E-state index is 12.0. The summed E-state index contributed by atoms with van der Waals surface area (Å²) in [5.41, 5.74) is 0.266. The Kier molecular flexibility index (Phi) is 5.65. The van der Waals surface area contributed by atoms with Crippen molar-refractivity contribution in [2.45, 2.75) is 20.4 Å². The normalized spacial score (nSPS) is 26.1. The van der Waals surface area contributed by atoms with Gasteiger partial charge in [-0.25, -0.2) is 0 Å².